The van der Waals surface area contributed by atoms with E-state index < -0.39 is 0 Å². The first-order valence-corrected chi connectivity index (χ1v) is 14.0. The minimum absolute atomic E-state index is 0.437. The molecule has 0 amide bonds. The molecule has 5 rings (SSSR count). The monoisotopic (exact) mass is 495 g/mol. The maximum atomic E-state index is 5.97. The highest BCUT2D eigenvalue weighted by atomic mass is 16.5. The third kappa shape index (κ3) is 5.71. The van der Waals surface area contributed by atoms with Crippen LogP contribution in [-0.2, 0) is 0 Å². The van der Waals surface area contributed by atoms with Crippen LogP contribution in [0.25, 0.3) is 10.9 Å². The van der Waals surface area contributed by atoms with Crippen LogP contribution in [-0.4, -0.2) is 111 Å². The minimum Gasteiger partial charge on any atom is -0.496 e. The second kappa shape index (κ2) is 11.5. The van der Waals surface area contributed by atoms with Crippen molar-refractivity contribution in [2.75, 3.05) is 90.3 Å². The van der Waals surface area contributed by atoms with Crippen molar-refractivity contribution < 1.29 is 4.74 Å². The highest BCUT2D eigenvalue weighted by Gasteiger charge is 2.26. The van der Waals surface area contributed by atoms with Gasteiger partial charge in [0, 0.05) is 31.1 Å². The number of ether oxygens (including phenoxy) is 1. The Morgan fingerprint density at radius 2 is 1.64 bits per heavy atom. The van der Waals surface area contributed by atoms with Crippen LogP contribution in [0.15, 0.2) is 12.1 Å². The topological polar surface area (TPSA) is 60.0 Å². The van der Waals surface area contributed by atoms with E-state index in [1.165, 1.54) is 18.4 Å². The molecule has 0 spiro atoms. The molecule has 0 radical (unpaired) electrons. The standard InChI is InChI=1S/C28H45N7O/c1-5-34-15-7-21(8-16-34)23-19-25-24(20-26(23)36-4)27(29-22-9-13-33(3)14-10-22)31-28(30-25)35-12-6-11-32(2)17-18-35/h19-22H,5-18H2,1-4H3,(H,29,30,31). The molecular formula is C28H45N7O. The number of hydrogen-bond acceptors (Lipinski definition) is 8. The van der Waals surface area contributed by atoms with Gasteiger partial charge in [-0.2, -0.15) is 4.98 Å². The van der Waals surface area contributed by atoms with Gasteiger partial charge < -0.3 is 29.7 Å². The van der Waals surface area contributed by atoms with Crippen molar-refractivity contribution in [2.45, 2.75) is 51.0 Å². The zero-order valence-corrected chi connectivity index (χ0v) is 22.8. The molecular weight excluding hydrogens is 450 g/mol. The van der Waals surface area contributed by atoms with Gasteiger partial charge in [0.2, 0.25) is 5.95 Å². The molecule has 3 aliphatic heterocycles. The van der Waals surface area contributed by atoms with Crippen LogP contribution < -0.4 is 15.0 Å². The number of rotatable bonds is 6. The average Bonchev–Trinajstić information content (AvgIpc) is 3.13. The lowest BCUT2D eigenvalue weighted by Crippen LogP contribution is -2.37. The third-order valence-electron chi connectivity index (χ3n) is 8.57. The van der Waals surface area contributed by atoms with E-state index in [0.29, 0.717) is 12.0 Å². The molecule has 4 heterocycles. The Labute approximate surface area is 217 Å². The predicted molar refractivity (Wildman–Crippen MR) is 149 cm³/mol. The SMILES string of the molecule is CCN1CCC(c2cc3nc(N4CCCN(C)CC4)nc(NC4CCN(C)CC4)c3cc2OC)CC1. The van der Waals surface area contributed by atoms with Gasteiger partial charge in [-0.1, -0.05) is 6.92 Å². The van der Waals surface area contributed by atoms with Gasteiger partial charge in [0.25, 0.3) is 0 Å². The number of aromatic nitrogens is 2. The summed E-state index contributed by atoms with van der Waals surface area (Å²) in [7, 11) is 6.22. The third-order valence-corrected chi connectivity index (χ3v) is 8.57. The summed E-state index contributed by atoms with van der Waals surface area (Å²) in [6, 6.07) is 4.95. The molecule has 3 saturated heterocycles. The first kappa shape index (κ1) is 25.5. The van der Waals surface area contributed by atoms with Crippen molar-refractivity contribution in [1.29, 1.82) is 0 Å². The first-order valence-electron chi connectivity index (χ1n) is 14.0. The lowest BCUT2D eigenvalue weighted by Gasteiger charge is -2.32. The molecule has 1 N–H and O–H groups in total. The number of hydrogen-bond donors (Lipinski definition) is 1. The van der Waals surface area contributed by atoms with Gasteiger partial charge in [0.05, 0.1) is 12.6 Å². The summed E-state index contributed by atoms with van der Waals surface area (Å²) in [6.07, 6.45) is 5.76. The fraction of sp³-hybridized carbons (Fsp3) is 0.714. The highest BCUT2D eigenvalue weighted by Crippen LogP contribution is 2.39. The first-order chi connectivity index (χ1) is 17.5. The van der Waals surface area contributed by atoms with E-state index in [1.54, 1.807) is 7.11 Å². The van der Waals surface area contributed by atoms with E-state index in [-0.39, 0.29) is 0 Å². The Morgan fingerprint density at radius 1 is 0.889 bits per heavy atom. The summed E-state index contributed by atoms with van der Waals surface area (Å²) in [5, 5.41) is 4.91. The molecule has 0 bridgehead atoms. The fourth-order valence-corrected chi connectivity index (χ4v) is 6.06. The molecule has 1 aromatic heterocycles. The number of nitrogens with zero attached hydrogens (tertiary/aromatic N) is 6. The van der Waals surface area contributed by atoms with Crippen molar-refractivity contribution in [3.8, 4) is 5.75 Å². The molecule has 2 aromatic rings. The van der Waals surface area contributed by atoms with E-state index in [4.69, 9.17) is 14.7 Å². The molecule has 1 aromatic carbocycles. The number of fused-ring (bicyclic) bond motifs is 1. The molecule has 0 atom stereocenters. The summed E-state index contributed by atoms with van der Waals surface area (Å²) >= 11 is 0. The lowest BCUT2D eigenvalue weighted by atomic mass is 9.88. The molecule has 3 aliphatic rings. The smallest absolute Gasteiger partial charge is 0.227 e. The van der Waals surface area contributed by atoms with Crippen LogP contribution in [0.3, 0.4) is 0 Å². The van der Waals surface area contributed by atoms with Gasteiger partial charge in [0.15, 0.2) is 0 Å². The van der Waals surface area contributed by atoms with E-state index >= 15 is 0 Å². The molecule has 8 heteroatoms. The number of likely N-dealkylation sites (N-methyl/N-ethyl adjacent to an activating group) is 1. The Kier molecular flexibility index (Phi) is 8.13. The largest absolute Gasteiger partial charge is 0.496 e. The number of anilines is 2. The van der Waals surface area contributed by atoms with Crippen molar-refractivity contribution in [3.05, 3.63) is 17.7 Å². The van der Waals surface area contributed by atoms with Crippen molar-refractivity contribution >= 4 is 22.7 Å². The van der Waals surface area contributed by atoms with Crippen LogP contribution in [0.5, 0.6) is 5.75 Å². The van der Waals surface area contributed by atoms with E-state index in [9.17, 15) is 0 Å². The van der Waals surface area contributed by atoms with Gasteiger partial charge >= 0.3 is 0 Å². The summed E-state index contributed by atoms with van der Waals surface area (Å²) in [5.41, 5.74) is 2.35. The summed E-state index contributed by atoms with van der Waals surface area (Å²) < 4.78 is 5.97. The minimum atomic E-state index is 0.437. The number of benzene rings is 1. The van der Waals surface area contributed by atoms with E-state index in [2.05, 4.69) is 58.1 Å². The summed E-state index contributed by atoms with van der Waals surface area (Å²) in [6.45, 7) is 12.1. The van der Waals surface area contributed by atoms with Gasteiger partial charge in [-0.25, -0.2) is 4.98 Å². The molecule has 8 nitrogen and oxygen atoms in total. The maximum Gasteiger partial charge on any atom is 0.227 e. The van der Waals surface area contributed by atoms with Crippen molar-refractivity contribution in [1.82, 2.24) is 24.7 Å². The molecule has 3 fully saturated rings. The Bertz CT molecular complexity index is 1010. The van der Waals surface area contributed by atoms with Crippen molar-refractivity contribution in [3.63, 3.8) is 0 Å². The van der Waals surface area contributed by atoms with E-state index in [0.717, 1.165) is 107 Å². The fourth-order valence-electron chi connectivity index (χ4n) is 6.06. The number of methoxy groups -OCH3 is 1. The number of likely N-dealkylation sites (tertiary alicyclic amines) is 2. The molecule has 198 valence electrons. The van der Waals surface area contributed by atoms with Crippen molar-refractivity contribution in [2.24, 2.45) is 0 Å². The highest BCUT2D eigenvalue weighted by molar-refractivity contribution is 5.92. The van der Waals surface area contributed by atoms with E-state index in [1.807, 2.05) is 0 Å². The summed E-state index contributed by atoms with van der Waals surface area (Å²) in [5.74, 6) is 3.33. The number of nitrogens with one attached hydrogen (secondary N) is 1. The zero-order chi connectivity index (χ0) is 25.1. The van der Waals surface area contributed by atoms with Crippen LogP contribution in [0, 0.1) is 0 Å². The Balaban J connectivity index is 1.52. The number of piperidine rings is 2. The summed E-state index contributed by atoms with van der Waals surface area (Å²) in [4.78, 5) is 20.1. The second-order valence-electron chi connectivity index (χ2n) is 11.1. The second-order valence-corrected chi connectivity index (χ2v) is 11.1. The van der Waals surface area contributed by atoms with Crippen LogP contribution in [0.1, 0.15) is 50.5 Å². The Hall–Kier alpha value is -2.16. The average molecular weight is 496 g/mol. The van der Waals surface area contributed by atoms with Gasteiger partial charge in [-0.15, -0.1) is 0 Å². The molecule has 0 aliphatic carbocycles. The van der Waals surface area contributed by atoms with Crippen LogP contribution in [0.4, 0.5) is 11.8 Å². The van der Waals surface area contributed by atoms with Crippen LogP contribution >= 0.6 is 0 Å². The van der Waals surface area contributed by atoms with Gasteiger partial charge in [0.1, 0.15) is 11.6 Å². The zero-order valence-electron chi connectivity index (χ0n) is 22.8. The Morgan fingerprint density at radius 3 is 2.36 bits per heavy atom. The predicted octanol–water partition coefficient (Wildman–Crippen LogP) is 3.49. The molecule has 36 heavy (non-hydrogen) atoms. The van der Waals surface area contributed by atoms with Crippen LogP contribution in [0.2, 0.25) is 0 Å². The van der Waals surface area contributed by atoms with Gasteiger partial charge in [-0.05, 0) is 109 Å². The lowest BCUT2D eigenvalue weighted by molar-refractivity contribution is 0.220. The van der Waals surface area contributed by atoms with Gasteiger partial charge in [-0.3, -0.25) is 0 Å². The molecule has 0 saturated carbocycles. The normalized spacial score (nSPS) is 22.2. The molecule has 0 unspecified atom stereocenters. The maximum absolute atomic E-state index is 5.97. The quantitative estimate of drug-likeness (QED) is 0.654.